The van der Waals surface area contributed by atoms with Crippen molar-refractivity contribution in [1.82, 2.24) is 5.32 Å². The number of halogens is 3. The molecule has 0 unspecified atom stereocenters. The van der Waals surface area contributed by atoms with E-state index in [-0.39, 0.29) is 12.3 Å². The van der Waals surface area contributed by atoms with Gasteiger partial charge in [-0.15, -0.1) is 0 Å². The van der Waals surface area contributed by atoms with Crippen molar-refractivity contribution in [3.8, 4) is 5.75 Å². The third-order valence-corrected chi connectivity index (χ3v) is 6.64. The van der Waals surface area contributed by atoms with Gasteiger partial charge >= 0.3 is 5.97 Å². The minimum Gasteiger partial charge on any atom is -0.487 e. The van der Waals surface area contributed by atoms with Crippen LogP contribution < -0.4 is 15.4 Å². The van der Waals surface area contributed by atoms with E-state index in [0.29, 0.717) is 32.7 Å². The first-order valence-corrected chi connectivity index (χ1v) is 13.3. The van der Waals surface area contributed by atoms with Crippen molar-refractivity contribution >= 4 is 61.0 Å². The maximum atomic E-state index is 12.8. The molecule has 3 rings (SSSR count). The van der Waals surface area contributed by atoms with Gasteiger partial charge < -0.3 is 20.1 Å². The summed E-state index contributed by atoms with van der Waals surface area (Å²) >= 11 is 13.3. The molecule has 190 valence electrons. The van der Waals surface area contributed by atoms with Gasteiger partial charge in [-0.3, -0.25) is 4.79 Å². The average molecular weight is 639 g/mol. The van der Waals surface area contributed by atoms with Gasteiger partial charge in [0.05, 0.1) is 22.5 Å². The second-order valence-corrected chi connectivity index (χ2v) is 10.2. The number of ether oxygens (including phenoxy) is 2. The Morgan fingerprint density at radius 3 is 2.31 bits per heavy atom. The summed E-state index contributed by atoms with van der Waals surface area (Å²) in [6.07, 6.45) is 0.429. The van der Waals surface area contributed by atoms with Crippen LogP contribution in [-0.4, -0.2) is 31.6 Å². The standard InChI is InChI=1S/C27H27Br2ClN2O4/c1-3-31-21-10-19(9-20(30)15-21)16-36-26-22(28)11-18(12-23(26)29)14-25(33)32-24(27(34)35-2)13-17-7-5-4-6-8-17/h4-12,15,24,31H,3,13-14,16H2,1-2H3,(H,32,33)/t24-/m0/s1. The van der Waals surface area contributed by atoms with Crippen LogP contribution >= 0.6 is 43.5 Å². The van der Waals surface area contributed by atoms with E-state index >= 15 is 0 Å². The van der Waals surface area contributed by atoms with Crippen molar-refractivity contribution in [2.24, 2.45) is 0 Å². The summed E-state index contributed by atoms with van der Waals surface area (Å²) < 4.78 is 12.3. The maximum absolute atomic E-state index is 12.8. The van der Waals surface area contributed by atoms with Crippen molar-refractivity contribution in [2.45, 2.75) is 32.4 Å². The Bertz CT molecular complexity index is 1180. The molecule has 0 aliphatic carbocycles. The molecule has 3 aromatic rings. The fourth-order valence-electron chi connectivity index (χ4n) is 3.66. The van der Waals surface area contributed by atoms with Gasteiger partial charge in [0.25, 0.3) is 0 Å². The lowest BCUT2D eigenvalue weighted by molar-refractivity contribution is -0.145. The molecule has 6 nitrogen and oxygen atoms in total. The number of anilines is 1. The lowest BCUT2D eigenvalue weighted by Crippen LogP contribution is -2.43. The second-order valence-electron chi connectivity index (χ2n) is 8.07. The van der Waals surface area contributed by atoms with E-state index in [9.17, 15) is 9.59 Å². The van der Waals surface area contributed by atoms with Crippen LogP contribution in [0.5, 0.6) is 5.75 Å². The molecule has 0 spiro atoms. The molecule has 0 fully saturated rings. The van der Waals surface area contributed by atoms with Gasteiger partial charge in [0.15, 0.2) is 0 Å². The Hall–Kier alpha value is -2.55. The van der Waals surface area contributed by atoms with Crippen molar-refractivity contribution in [2.75, 3.05) is 19.0 Å². The summed E-state index contributed by atoms with van der Waals surface area (Å²) in [7, 11) is 1.31. The van der Waals surface area contributed by atoms with Crippen molar-refractivity contribution in [1.29, 1.82) is 0 Å². The molecule has 2 N–H and O–H groups in total. The average Bonchev–Trinajstić information content (AvgIpc) is 2.83. The molecular formula is C27H27Br2ClN2O4. The lowest BCUT2D eigenvalue weighted by Gasteiger charge is -2.17. The molecule has 0 saturated carbocycles. The third kappa shape index (κ3) is 8.25. The van der Waals surface area contributed by atoms with E-state index in [0.717, 1.165) is 28.9 Å². The molecule has 3 aromatic carbocycles. The highest BCUT2D eigenvalue weighted by atomic mass is 79.9. The molecule has 0 saturated heterocycles. The maximum Gasteiger partial charge on any atom is 0.328 e. The fourth-order valence-corrected chi connectivity index (χ4v) is 5.43. The second kappa shape index (κ2) is 13.7. The van der Waals surface area contributed by atoms with Gasteiger partial charge in [0, 0.05) is 23.7 Å². The summed E-state index contributed by atoms with van der Waals surface area (Å²) in [6.45, 7) is 3.13. The van der Waals surface area contributed by atoms with Gasteiger partial charge in [-0.05, 0) is 85.8 Å². The number of esters is 1. The summed E-state index contributed by atoms with van der Waals surface area (Å²) in [5.41, 5.74) is 3.53. The van der Waals surface area contributed by atoms with Crippen LogP contribution in [0, 0.1) is 0 Å². The first-order chi connectivity index (χ1) is 17.3. The Kier molecular flexibility index (Phi) is 10.6. The van der Waals surface area contributed by atoms with Gasteiger partial charge in [0.1, 0.15) is 18.4 Å². The predicted octanol–water partition coefficient (Wildman–Crippen LogP) is 6.32. The first-order valence-electron chi connectivity index (χ1n) is 11.3. The third-order valence-electron chi connectivity index (χ3n) is 5.25. The number of amides is 1. The van der Waals surface area contributed by atoms with Gasteiger partial charge in [-0.25, -0.2) is 4.79 Å². The molecule has 0 aliphatic rings. The topological polar surface area (TPSA) is 76.7 Å². The monoisotopic (exact) mass is 636 g/mol. The first kappa shape index (κ1) is 28.0. The van der Waals surface area contributed by atoms with Crippen molar-refractivity contribution in [3.63, 3.8) is 0 Å². The van der Waals surface area contributed by atoms with Crippen LogP contribution in [0.15, 0.2) is 69.6 Å². The largest absolute Gasteiger partial charge is 0.487 e. The van der Waals surface area contributed by atoms with Crippen LogP contribution in [0.1, 0.15) is 23.6 Å². The van der Waals surface area contributed by atoms with Crippen LogP contribution in [0.3, 0.4) is 0 Å². The molecule has 0 heterocycles. The van der Waals surface area contributed by atoms with Crippen LogP contribution in [0.2, 0.25) is 5.02 Å². The Balaban J connectivity index is 1.66. The minimum absolute atomic E-state index is 0.0834. The summed E-state index contributed by atoms with van der Waals surface area (Å²) in [5.74, 6) is -0.166. The van der Waals surface area contributed by atoms with Crippen LogP contribution in [0.4, 0.5) is 5.69 Å². The molecule has 36 heavy (non-hydrogen) atoms. The zero-order chi connectivity index (χ0) is 26.1. The highest BCUT2D eigenvalue weighted by Gasteiger charge is 2.22. The number of carbonyl (C=O) groups is 2. The number of hydrogen-bond donors (Lipinski definition) is 2. The zero-order valence-electron chi connectivity index (χ0n) is 19.9. The van der Waals surface area contributed by atoms with Crippen LogP contribution in [0.25, 0.3) is 0 Å². The molecule has 1 atom stereocenters. The van der Waals surface area contributed by atoms with Crippen molar-refractivity contribution in [3.05, 3.63) is 91.3 Å². The predicted molar refractivity (Wildman–Crippen MR) is 150 cm³/mol. The van der Waals surface area contributed by atoms with E-state index in [4.69, 9.17) is 21.1 Å². The minimum atomic E-state index is -0.774. The Labute approximate surface area is 233 Å². The summed E-state index contributed by atoms with van der Waals surface area (Å²) in [5, 5.41) is 6.67. The lowest BCUT2D eigenvalue weighted by atomic mass is 10.1. The fraction of sp³-hybridized carbons (Fsp3) is 0.259. The molecule has 9 heteroatoms. The van der Waals surface area contributed by atoms with Crippen molar-refractivity contribution < 1.29 is 19.1 Å². The van der Waals surface area contributed by atoms with E-state index in [2.05, 4.69) is 42.5 Å². The molecule has 0 radical (unpaired) electrons. The van der Waals surface area contributed by atoms with E-state index < -0.39 is 12.0 Å². The number of nitrogens with one attached hydrogen (secondary N) is 2. The molecule has 0 aliphatic heterocycles. The van der Waals surface area contributed by atoms with Gasteiger partial charge in [-0.1, -0.05) is 41.9 Å². The highest BCUT2D eigenvalue weighted by Crippen LogP contribution is 2.36. The molecular weight excluding hydrogens is 612 g/mol. The number of hydrogen-bond acceptors (Lipinski definition) is 5. The van der Waals surface area contributed by atoms with E-state index in [1.54, 1.807) is 0 Å². The van der Waals surface area contributed by atoms with Crippen LogP contribution in [-0.2, 0) is 33.8 Å². The number of benzene rings is 3. The normalized spacial score (nSPS) is 11.5. The molecule has 0 bridgehead atoms. The molecule has 0 aromatic heterocycles. The SMILES string of the molecule is CCNc1cc(Cl)cc(COc2c(Br)cc(CC(=O)N[C@@H](Cc3ccccc3)C(=O)OC)cc2Br)c1. The van der Waals surface area contributed by atoms with E-state index in [1.807, 2.05) is 67.6 Å². The highest BCUT2D eigenvalue weighted by molar-refractivity contribution is 9.11. The Morgan fingerprint density at radius 1 is 0.972 bits per heavy atom. The number of carbonyl (C=O) groups excluding carboxylic acids is 2. The quantitative estimate of drug-likeness (QED) is 0.241. The number of methoxy groups -OCH3 is 1. The smallest absolute Gasteiger partial charge is 0.328 e. The van der Waals surface area contributed by atoms with E-state index in [1.165, 1.54) is 7.11 Å². The Morgan fingerprint density at radius 2 is 1.67 bits per heavy atom. The molecule has 1 amide bonds. The number of rotatable bonds is 11. The van der Waals surface area contributed by atoms with Gasteiger partial charge in [0.2, 0.25) is 5.91 Å². The zero-order valence-corrected chi connectivity index (χ0v) is 23.9. The summed E-state index contributed by atoms with van der Waals surface area (Å²) in [4.78, 5) is 25.0. The summed E-state index contributed by atoms with van der Waals surface area (Å²) in [6, 6.07) is 18.1. The van der Waals surface area contributed by atoms with Gasteiger partial charge in [-0.2, -0.15) is 0 Å².